The van der Waals surface area contributed by atoms with E-state index in [0.717, 1.165) is 44.1 Å². The lowest BCUT2D eigenvalue weighted by Gasteiger charge is -2.11. The third-order valence-corrected chi connectivity index (χ3v) is 3.30. The molecular formula is C15H23N5. The smallest absolute Gasteiger partial charge is 0.192 e. The second-order valence-corrected chi connectivity index (χ2v) is 4.87. The molecule has 0 saturated carbocycles. The second kappa shape index (κ2) is 7.59. The van der Waals surface area contributed by atoms with Gasteiger partial charge in [-0.1, -0.05) is 5.92 Å². The number of aliphatic imine (C=N–C) groups is 1. The second-order valence-electron chi connectivity index (χ2n) is 4.87. The Balaban J connectivity index is 1.87. The minimum absolute atomic E-state index is 0.491. The molecule has 0 atom stereocenters. The van der Waals surface area contributed by atoms with E-state index in [4.69, 9.17) is 6.42 Å². The van der Waals surface area contributed by atoms with E-state index in [9.17, 15) is 0 Å². The van der Waals surface area contributed by atoms with Crippen LogP contribution < -0.4 is 10.6 Å². The van der Waals surface area contributed by atoms with E-state index in [1.165, 1.54) is 18.7 Å². The SMILES string of the molecule is C#CCNC(=NCCc1cn2c(n1)CCCC2)NCC. The lowest BCUT2D eigenvalue weighted by molar-refractivity contribution is 0.522. The molecule has 0 radical (unpaired) electrons. The fourth-order valence-corrected chi connectivity index (χ4v) is 2.35. The number of aromatic nitrogens is 2. The van der Waals surface area contributed by atoms with Crippen LogP contribution in [0.15, 0.2) is 11.2 Å². The van der Waals surface area contributed by atoms with Crippen molar-refractivity contribution in [3.8, 4) is 12.3 Å². The van der Waals surface area contributed by atoms with E-state index in [0.29, 0.717) is 6.54 Å². The van der Waals surface area contributed by atoms with Gasteiger partial charge in [0.2, 0.25) is 0 Å². The molecule has 1 aliphatic rings. The molecule has 1 aliphatic heterocycles. The van der Waals surface area contributed by atoms with Crippen LogP contribution in [0.1, 0.15) is 31.3 Å². The summed E-state index contributed by atoms with van der Waals surface area (Å²) >= 11 is 0. The minimum Gasteiger partial charge on any atom is -0.357 e. The van der Waals surface area contributed by atoms with Crippen LogP contribution in [-0.2, 0) is 19.4 Å². The summed E-state index contributed by atoms with van der Waals surface area (Å²) in [5.74, 6) is 4.55. The Bertz CT molecular complexity index is 471. The van der Waals surface area contributed by atoms with Gasteiger partial charge in [0.25, 0.3) is 0 Å². The minimum atomic E-state index is 0.491. The first-order valence-electron chi connectivity index (χ1n) is 7.34. The number of guanidine groups is 1. The van der Waals surface area contributed by atoms with Crippen LogP contribution >= 0.6 is 0 Å². The molecule has 0 amide bonds. The third-order valence-electron chi connectivity index (χ3n) is 3.30. The molecule has 5 heteroatoms. The van der Waals surface area contributed by atoms with Crippen molar-refractivity contribution in [3.05, 3.63) is 17.7 Å². The number of imidazole rings is 1. The predicted octanol–water partition coefficient (Wildman–Crippen LogP) is 0.950. The Morgan fingerprint density at radius 3 is 3.15 bits per heavy atom. The number of nitrogens with one attached hydrogen (secondary N) is 2. The molecule has 0 aliphatic carbocycles. The zero-order valence-electron chi connectivity index (χ0n) is 12.2. The zero-order valence-corrected chi connectivity index (χ0v) is 12.2. The maximum atomic E-state index is 5.24. The molecule has 2 rings (SSSR count). The Morgan fingerprint density at radius 1 is 1.50 bits per heavy atom. The summed E-state index contributed by atoms with van der Waals surface area (Å²) < 4.78 is 2.28. The molecule has 0 bridgehead atoms. The standard InChI is InChI=1S/C15H23N5/c1-3-9-17-15(16-4-2)18-10-8-13-12-20-11-6-5-7-14(20)19-13/h1,12H,4-11H2,2H3,(H2,16,17,18). The highest BCUT2D eigenvalue weighted by molar-refractivity contribution is 5.79. The van der Waals surface area contributed by atoms with Gasteiger partial charge < -0.3 is 15.2 Å². The fraction of sp³-hybridized carbons (Fsp3) is 0.600. The summed E-state index contributed by atoms with van der Waals surface area (Å²) in [6, 6.07) is 0. The normalized spacial score (nSPS) is 14.5. The van der Waals surface area contributed by atoms with Crippen molar-refractivity contribution < 1.29 is 0 Å². The van der Waals surface area contributed by atoms with Gasteiger partial charge in [0.15, 0.2) is 5.96 Å². The Labute approximate surface area is 120 Å². The van der Waals surface area contributed by atoms with Gasteiger partial charge in [-0.15, -0.1) is 6.42 Å². The van der Waals surface area contributed by atoms with Crippen LogP contribution in [0, 0.1) is 12.3 Å². The van der Waals surface area contributed by atoms with E-state index < -0.39 is 0 Å². The van der Waals surface area contributed by atoms with Crippen molar-refractivity contribution in [1.82, 2.24) is 20.2 Å². The Kier molecular flexibility index (Phi) is 5.48. The summed E-state index contributed by atoms with van der Waals surface area (Å²) in [5, 5.41) is 6.25. The van der Waals surface area contributed by atoms with Gasteiger partial charge >= 0.3 is 0 Å². The van der Waals surface area contributed by atoms with Gasteiger partial charge in [0.1, 0.15) is 5.82 Å². The van der Waals surface area contributed by atoms with E-state index >= 15 is 0 Å². The number of nitrogens with zero attached hydrogens (tertiary/aromatic N) is 3. The van der Waals surface area contributed by atoms with Gasteiger partial charge in [-0.05, 0) is 19.8 Å². The monoisotopic (exact) mass is 273 g/mol. The van der Waals surface area contributed by atoms with E-state index in [2.05, 4.69) is 37.3 Å². The predicted molar refractivity (Wildman–Crippen MR) is 81.7 cm³/mol. The van der Waals surface area contributed by atoms with Gasteiger partial charge in [-0.25, -0.2) is 4.98 Å². The number of rotatable bonds is 5. The average Bonchev–Trinajstić information content (AvgIpc) is 2.87. The van der Waals surface area contributed by atoms with E-state index in [1.807, 2.05) is 6.92 Å². The topological polar surface area (TPSA) is 54.2 Å². The molecule has 0 fully saturated rings. The number of hydrogen-bond donors (Lipinski definition) is 2. The van der Waals surface area contributed by atoms with Gasteiger partial charge in [-0.2, -0.15) is 0 Å². The molecule has 0 aromatic carbocycles. The van der Waals surface area contributed by atoms with Crippen molar-refractivity contribution >= 4 is 5.96 Å². The highest BCUT2D eigenvalue weighted by Gasteiger charge is 2.11. The largest absolute Gasteiger partial charge is 0.357 e. The van der Waals surface area contributed by atoms with E-state index in [-0.39, 0.29) is 0 Å². The van der Waals surface area contributed by atoms with E-state index in [1.54, 1.807) is 0 Å². The molecular weight excluding hydrogens is 250 g/mol. The first-order valence-corrected chi connectivity index (χ1v) is 7.34. The van der Waals surface area contributed by atoms with Crippen molar-refractivity contribution in [2.24, 2.45) is 4.99 Å². The Morgan fingerprint density at radius 2 is 2.40 bits per heavy atom. The average molecular weight is 273 g/mol. The van der Waals surface area contributed by atoms with Crippen molar-refractivity contribution in [2.45, 2.75) is 39.2 Å². The molecule has 20 heavy (non-hydrogen) atoms. The quantitative estimate of drug-likeness (QED) is 0.477. The first kappa shape index (κ1) is 14.4. The summed E-state index contributed by atoms with van der Waals surface area (Å²) in [6.07, 6.45) is 11.9. The molecule has 1 aromatic heterocycles. The summed E-state index contributed by atoms with van der Waals surface area (Å²) in [5.41, 5.74) is 1.14. The number of hydrogen-bond acceptors (Lipinski definition) is 2. The maximum Gasteiger partial charge on any atom is 0.192 e. The van der Waals surface area contributed by atoms with Crippen LogP contribution in [0.2, 0.25) is 0 Å². The van der Waals surface area contributed by atoms with Gasteiger partial charge in [0, 0.05) is 38.7 Å². The molecule has 1 aromatic rings. The lowest BCUT2D eigenvalue weighted by Crippen LogP contribution is -2.37. The Hall–Kier alpha value is -1.96. The molecule has 2 heterocycles. The zero-order chi connectivity index (χ0) is 14.2. The molecule has 5 nitrogen and oxygen atoms in total. The van der Waals surface area contributed by atoms with Gasteiger partial charge in [-0.3, -0.25) is 4.99 Å². The van der Waals surface area contributed by atoms with Crippen LogP contribution in [0.25, 0.3) is 0 Å². The third kappa shape index (κ3) is 4.02. The molecule has 0 spiro atoms. The molecule has 2 N–H and O–H groups in total. The highest BCUT2D eigenvalue weighted by atomic mass is 15.2. The number of terminal acetylenes is 1. The first-order chi connectivity index (χ1) is 9.83. The summed E-state index contributed by atoms with van der Waals surface area (Å²) in [7, 11) is 0. The van der Waals surface area contributed by atoms with Crippen LogP contribution in [0.5, 0.6) is 0 Å². The molecule has 0 saturated heterocycles. The fourth-order valence-electron chi connectivity index (χ4n) is 2.35. The summed E-state index contributed by atoms with van der Waals surface area (Å²) in [6.45, 7) is 5.19. The molecule has 0 unspecified atom stereocenters. The van der Waals surface area contributed by atoms with Crippen LogP contribution in [-0.4, -0.2) is 35.1 Å². The van der Waals surface area contributed by atoms with Crippen molar-refractivity contribution in [3.63, 3.8) is 0 Å². The van der Waals surface area contributed by atoms with Crippen LogP contribution in [0.4, 0.5) is 0 Å². The van der Waals surface area contributed by atoms with Crippen molar-refractivity contribution in [1.29, 1.82) is 0 Å². The van der Waals surface area contributed by atoms with Crippen LogP contribution in [0.3, 0.4) is 0 Å². The lowest BCUT2D eigenvalue weighted by atomic mass is 10.2. The summed E-state index contributed by atoms with van der Waals surface area (Å²) in [4.78, 5) is 9.18. The number of fused-ring (bicyclic) bond motifs is 1. The highest BCUT2D eigenvalue weighted by Crippen LogP contribution is 2.14. The maximum absolute atomic E-state index is 5.24. The molecule has 108 valence electrons. The van der Waals surface area contributed by atoms with Crippen molar-refractivity contribution in [2.75, 3.05) is 19.6 Å². The van der Waals surface area contributed by atoms with Gasteiger partial charge in [0.05, 0.1) is 12.2 Å². The number of aryl methyl sites for hydroxylation is 2.